The third-order valence-electron chi connectivity index (χ3n) is 1.30. The molecule has 0 aromatic heterocycles. The van der Waals surface area contributed by atoms with Crippen LogP contribution in [0.15, 0.2) is 12.1 Å². The molecule has 64 valence electrons. The van der Waals surface area contributed by atoms with E-state index in [9.17, 15) is 9.90 Å². The predicted octanol–water partition coefficient (Wildman–Crippen LogP) is -0.511. The van der Waals surface area contributed by atoms with E-state index in [1.54, 1.807) is 0 Å². The number of hydrogen-bond donors (Lipinski definition) is 3. The van der Waals surface area contributed by atoms with Crippen LogP contribution in [0.25, 0.3) is 0 Å². The van der Waals surface area contributed by atoms with Gasteiger partial charge in [-0.2, -0.15) is 0 Å². The smallest absolute Gasteiger partial charge is 0.867 e. The summed E-state index contributed by atoms with van der Waals surface area (Å²) in [6, 6.07) is 1.56. The normalized spacial score (nSPS) is 8.29. The summed E-state index contributed by atoms with van der Waals surface area (Å²) in [5.74, 6) is -3.83. The molecule has 0 aliphatic heterocycles. The van der Waals surface area contributed by atoms with Gasteiger partial charge in [0.05, 0.1) is 5.56 Å². The van der Waals surface area contributed by atoms with Gasteiger partial charge in [0.2, 0.25) is 0 Å². The summed E-state index contributed by atoms with van der Waals surface area (Å²) in [6.07, 6.45) is 0. The summed E-state index contributed by atoms with van der Waals surface area (Å²) in [7, 11) is 0. The Labute approximate surface area is 145 Å². The van der Waals surface area contributed by atoms with Crippen LogP contribution >= 0.6 is 0 Å². The maximum atomic E-state index is 10.7. The zero-order valence-corrected chi connectivity index (χ0v) is 14.2. The van der Waals surface area contributed by atoms with Crippen LogP contribution in [0.3, 0.4) is 0 Å². The van der Waals surface area contributed by atoms with Crippen LogP contribution in [0.5, 0.6) is 17.2 Å². The van der Waals surface area contributed by atoms with Gasteiger partial charge < -0.3 is 20.4 Å². The van der Waals surface area contributed by atoms with Crippen LogP contribution < -0.4 is 5.11 Å². The van der Waals surface area contributed by atoms with E-state index in [0.29, 0.717) is 0 Å². The fourth-order valence-corrected chi connectivity index (χ4v) is 0.722. The minimum atomic E-state index is -1.32. The SMILES string of the molecule is O=C(O)c1cc(O)c([O-])c(O)c1.[La+3].[Sr+2]. The molecule has 1 aromatic carbocycles. The Morgan fingerprint density at radius 1 is 1.21 bits per heavy atom. The van der Waals surface area contributed by atoms with Crippen molar-refractivity contribution < 1.29 is 60.8 Å². The van der Waals surface area contributed by atoms with Gasteiger partial charge in [-0.1, -0.05) is 0 Å². The summed E-state index contributed by atoms with van der Waals surface area (Å²) >= 11 is 0. The van der Waals surface area contributed by atoms with Crippen molar-refractivity contribution in [3.05, 3.63) is 17.7 Å². The topological polar surface area (TPSA) is 101 Å². The molecule has 0 unspecified atom stereocenters. The molecule has 0 saturated carbocycles. The van der Waals surface area contributed by atoms with Gasteiger partial charge in [0.25, 0.3) is 0 Å². The number of aromatic carboxylic acids is 1. The van der Waals surface area contributed by atoms with E-state index >= 15 is 0 Å². The summed E-state index contributed by atoms with van der Waals surface area (Å²) in [5.41, 5.74) is -0.329. The van der Waals surface area contributed by atoms with Crippen LogP contribution in [0.1, 0.15) is 10.4 Å². The van der Waals surface area contributed by atoms with Gasteiger partial charge in [0.1, 0.15) is 11.5 Å². The zero-order chi connectivity index (χ0) is 9.30. The first kappa shape index (κ1) is 17.2. The van der Waals surface area contributed by atoms with Crippen molar-refractivity contribution in [1.29, 1.82) is 0 Å². The Balaban J connectivity index is 0. The Kier molecular flexibility index (Phi) is 8.72. The summed E-state index contributed by atoms with van der Waals surface area (Å²) in [4.78, 5) is 10.3. The molecular formula is C7H5LaO5Sr+4. The van der Waals surface area contributed by atoms with Gasteiger partial charge in [0.15, 0.2) is 0 Å². The number of carbonyl (C=O) groups is 1. The molecule has 3 N–H and O–H groups in total. The molecule has 0 saturated heterocycles. The second kappa shape index (κ2) is 7.11. The van der Waals surface area contributed by atoms with Crippen molar-refractivity contribution in [2.75, 3.05) is 0 Å². The third kappa shape index (κ3) is 4.10. The molecular weight excluding hydrogens is 391 g/mol. The second-order valence-electron chi connectivity index (χ2n) is 2.15. The molecule has 0 fully saturated rings. The van der Waals surface area contributed by atoms with E-state index in [-0.39, 0.29) is 86.6 Å². The molecule has 14 heavy (non-hydrogen) atoms. The van der Waals surface area contributed by atoms with Gasteiger partial charge in [-0.15, -0.1) is 0 Å². The summed E-state index contributed by atoms with van der Waals surface area (Å²) in [5, 5.41) is 36.6. The molecule has 0 aliphatic carbocycles. The maximum absolute atomic E-state index is 10.7. The molecule has 0 amide bonds. The number of carboxylic acid groups (broad SMARTS) is 1. The summed E-state index contributed by atoms with van der Waals surface area (Å²) < 4.78 is 0. The average Bonchev–Trinajstić information content (AvgIpc) is 1.99. The van der Waals surface area contributed by atoms with Gasteiger partial charge in [-0.3, -0.25) is 0 Å². The molecule has 0 heterocycles. The first-order valence-corrected chi connectivity index (χ1v) is 2.98. The van der Waals surface area contributed by atoms with Crippen LogP contribution in [0, 0.1) is 35.6 Å². The third-order valence-corrected chi connectivity index (χ3v) is 1.30. The van der Waals surface area contributed by atoms with E-state index in [2.05, 4.69) is 0 Å². The first-order chi connectivity index (χ1) is 5.52. The zero-order valence-electron chi connectivity index (χ0n) is 7.10. The standard InChI is InChI=1S/C7H6O5.La.Sr/c8-4-1-3(7(11)12)2-5(9)6(4)10;;/h1-2,8-10H,(H,11,12);;/q;+3;+2/p-1. The van der Waals surface area contributed by atoms with Crippen LogP contribution in [-0.2, 0) is 0 Å². The number of carboxylic acids is 1. The van der Waals surface area contributed by atoms with Crippen molar-refractivity contribution >= 4 is 51.5 Å². The van der Waals surface area contributed by atoms with Gasteiger partial charge in [-0.25, -0.2) is 4.79 Å². The molecule has 1 aromatic rings. The van der Waals surface area contributed by atoms with Crippen LogP contribution in [-0.4, -0.2) is 66.8 Å². The first-order valence-electron chi connectivity index (χ1n) is 2.98. The quantitative estimate of drug-likeness (QED) is 0.556. The minimum Gasteiger partial charge on any atom is -0.867 e. The van der Waals surface area contributed by atoms with Crippen LogP contribution in [0.4, 0.5) is 0 Å². The second-order valence-corrected chi connectivity index (χ2v) is 2.15. The predicted molar refractivity (Wildman–Crippen MR) is 41.9 cm³/mol. The minimum absolute atomic E-state index is 0. The molecule has 0 radical (unpaired) electrons. The molecule has 0 spiro atoms. The number of benzene rings is 1. The molecule has 7 heteroatoms. The van der Waals surface area contributed by atoms with Crippen LogP contribution in [0.2, 0.25) is 0 Å². The maximum Gasteiger partial charge on any atom is 3.00 e. The van der Waals surface area contributed by atoms with Gasteiger partial charge >= 0.3 is 87.0 Å². The largest absolute Gasteiger partial charge is 3.00 e. The van der Waals surface area contributed by atoms with E-state index in [1.807, 2.05) is 0 Å². The van der Waals surface area contributed by atoms with E-state index in [4.69, 9.17) is 15.3 Å². The molecule has 0 bridgehead atoms. The number of aromatic hydroxyl groups is 2. The van der Waals surface area contributed by atoms with E-state index in [0.717, 1.165) is 12.1 Å². The fourth-order valence-electron chi connectivity index (χ4n) is 0.722. The molecule has 0 atom stereocenters. The van der Waals surface area contributed by atoms with Crippen molar-refractivity contribution in [2.45, 2.75) is 0 Å². The Bertz CT molecular complexity index is 318. The number of phenols is 2. The number of rotatable bonds is 1. The molecule has 1 rings (SSSR count). The van der Waals surface area contributed by atoms with Crippen molar-refractivity contribution in [1.82, 2.24) is 0 Å². The summed E-state index contributed by atoms with van der Waals surface area (Å²) in [6.45, 7) is 0. The van der Waals surface area contributed by atoms with E-state index in [1.165, 1.54) is 0 Å². The van der Waals surface area contributed by atoms with E-state index < -0.39 is 23.2 Å². The number of phenolic OH excluding ortho intramolecular Hbond substituents is 2. The number of hydrogen-bond acceptors (Lipinski definition) is 4. The monoisotopic (exact) mass is 396 g/mol. The Morgan fingerprint density at radius 2 is 1.57 bits per heavy atom. The van der Waals surface area contributed by atoms with Gasteiger partial charge in [-0.05, 0) is 17.9 Å². The fraction of sp³-hybridized carbons (Fsp3) is 0. The van der Waals surface area contributed by atoms with Crippen molar-refractivity contribution in [3.63, 3.8) is 0 Å². The Morgan fingerprint density at radius 3 is 1.86 bits per heavy atom. The molecule has 5 nitrogen and oxygen atoms in total. The molecule has 0 aliphatic rings. The average molecular weight is 396 g/mol. The Hall–Kier alpha value is 0.765. The van der Waals surface area contributed by atoms with Gasteiger partial charge in [0, 0.05) is 0 Å². The van der Waals surface area contributed by atoms with Crippen molar-refractivity contribution in [2.24, 2.45) is 0 Å². The van der Waals surface area contributed by atoms with Crippen molar-refractivity contribution in [3.8, 4) is 17.2 Å².